The van der Waals surface area contributed by atoms with Crippen LogP contribution in [0.25, 0.3) is 0 Å². The molecule has 2 rings (SSSR count). The van der Waals surface area contributed by atoms with Gasteiger partial charge in [-0.25, -0.2) is 9.59 Å². The normalized spacial score (nSPS) is 24.2. The number of carboxylic acid groups (broad SMARTS) is 1. The van der Waals surface area contributed by atoms with E-state index in [2.05, 4.69) is 25.9 Å². The van der Waals surface area contributed by atoms with Crippen LogP contribution in [-0.4, -0.2) is 55.2 Å². The standard InChI is InChI=1S/C10H16N6O3/c1-5-3-4-16(7(5)9(17)18)10(19)11-6(2)8-12-14-15-13-8/h5-7H,3-4H2,1-2H3,(H,11,19)(H,17,18)(H,12,13,14,15). The molecule has 1 aliphatic rings. The Kier molecular flexibility index (Phi) is 3.63. The fraction of sp³-hybridized carbons (Fsp3) is 0.700. The van der Waals surface area contributed by atoms with Crippen LogP contribution in [0.1, 0.15) is 32.1 Å². The number of aromatic nitrogens is 4. The Morgan fingerprint density at radius 2 is 2.32 bits per heavy atom. The van der Waals surface area contributed by atoms with Crippen molar-refractivity contribution in [3.05, 3.63) is 5.82 Å². The van der Waals surface area contributed by atoms with Gasteiger partial charge in [0.1, 0.15) is 6.04 Å². The molecule has 1 aromatic heterocycles. The number of tetrazole rings is 1. The minimum atomic E-state index is -0.979. The number of amides is 2. The predicted molar refractivity (Wildman–Crippen MR) is 63.0 cm³/mol. The van der Waals surface area contributed by atoms with Crippen molar-refractivity contribution in [1.82, 2.24) is 30.8 Å². The topological polar surface area (TPSA) is 124 Å². The van der Waals surface area contributed by atoms with Gasteiger partial charge in [0.25, 0.3) is 0 Å². The van der Waals surface area contributed by atoms with Crippen LogP contribution in [-0.2, 0) is 4.79 Å². The van der Waals surface area contributed by atoms with E-state index >= 15 is 0 Å². The Hall–Kier alpha value is -2.19. The van der Waals surface area contributed by atoms with Crippen molar-refractivity contribution < 1.29 is 14.7 Å². The summed E-state index contributed by atoms with van der Waals surface area (Å²) in [7, 11) is 0. The maximum absolute atomic E-state index is 12.1. The smallest absolute Gasteiger partial charge is 0.326 e. The number of aliphatic carboxylic acids is 1. The van der Waals surface area contributed by atoms with E-state index in [4.69, 9.17) is 5.11 Å². The Labute approximate surface area is 109 Å². The minimum absolute atomic E-state index is 0.0521. The molecule has 2 amide bonds. The molecule has 9 nitrogen and oxygen atoms in total. The molecular weight excluding hydrogens is 252 g/mol. The third-order valence-corrected chi connectivity index (χ3v) is 3.30. The maximum Gasteiger partial charge on any atom is 0.326 e. The van der Waals surface area contributed by atoms with Crippen molar-refractivity contribution in [3.8, 4) is 0 Å². The first-order valence-electron chi connectivity index (χ1n) is 6.04. The van der Waals surface area contributed by atoms with Crippen molar-refractivity contribution in [2.45, 2.75) is 32.4 Å². The minimum Gasteiger partial charge on any atom is -0.480 e. The molecule has 3 unspecified atom stereocenters. The van der Waals surface area contributed by atoms with Crippen LogP contribution in [0.15, 0.2) is 0 Å². The molecule has 0 saturated carbocycles. The van der Waals surface area contributed by atoms with Crippen LogP contribution in [0.3, 0.4) is 0 Å². The molecule has 1 aliphatic heterocycles. The first-order chi connectivity index (χ1) is 9.00. The summed E-state index contributed by atoms with van der Waals surface area (Å²) in [5, 5.41) is 25.1. The highest BCUT2D eigenvalue weighted by Gasteiger charge is 2.39. The first-order valence-corrected chi connectivity index (χ1v) is 6.04. The highest BCUT2D eigenvalue weighted by atomic mass is 16.4. The van der Waals surface area contributed by atoms with E-state index in [-0.39, 0.29) is 5.92 Å². The highest BCUT2D eigenvalue weighted by molar-refractivity contribution is 5.83. The van der Waals surface area contributed by atoms with E-state index in [1.54, 1.807) is 6.92 Å². The second kappa shape index (κ2) is 5.21. The van der Waals surface area contributed by atoms with Crippen LogP contribution in [0, 0.1) is 5.92 Å². The van der Waals surface area contributed by atoms with E-state index in [1.165, 1.54) is 4.90 Å². The Morgan fingerprint density at radius 1 is 1.58 bits per heavy atom. The number of hydrogen-bond donors (Lipinski definition) is 3. The van der Waals surface area contributed by atoms with Gasteiger partial charge in [-0.3, -0.25) is 0 Å². The van der Waals surface area contributed by atoms with Crippen molar-refractivity contribution in [2.24, 2.45) is 5.92 Å². The molecule has 2 heterocycles. The molecule has 9 heteroatoms. The summed E-state index contributed by atoms with van der Waals surface area (Å²) < 4.78 is 0. The zero-order valence-corrected chi connectivity index (χ0v) is 10.7. The Balaban J connectivity index is 2.02. The Morgan fingerprint density at radius 3 is 2.89 bits per heavy atom. The van der Waals surface area contributed by atoms with Gasteiger partial charge < -0.3 is 15.3 Å². The van der Waals surface area contributed by atoms with E-state index in [9.17, 15) is 9.59 Å². The third kappa shape index (κ3) is 2.64. The van der Waals surface area contributed by atoms with Gasteiger partial charge in [-0.1, -0.05) is 12.1 Å². The fourth-order valence-electron chi connectivity index (χ4n) is 2.24. The quantitative estimate of drug-likeness (QED) is 0.695. The molecule has 0 radical (unpaired) electrons. The predicted octanol–water partition coefficient (Wildman–Crippen LogP) is -0.235. The number of hydrogen-bond acceptors (Lipinski definition) is 5. The molecule has 0 spiro atoms. The lowest BCUT2D eigenvalue weighted by molar-refractivity contribution is -0.142. The summed E-state index contributed by atoms with van der Waals surface area (Å²) in [5.74, 6) is -0.677. The number of likely N-dealkylation sites (tertiary alicyclic amines) is 1. The molecule has 0 bridgehead atoms. The van der Waals surface area contributed by atoms with Crippen LogP contribution in [0.2, 0.25) is 0 Å². The summed E-state index contributed by atoms with van der Waals surface area (Å²) in [6.45, 7) is 3.97. The second-order valence-corrected chi connectivity index (χ2v) is 4.68. The first kappa shape index (κ1) is 13.2. The molecule has 1 aromatic rings. The molecular formula is C10H16N6O3. The lowest BCUT2D eigenvalue weighted by atomic mass is 10.0. The van der Waals surface area contributed by atoms with Gasteiger partial charge in [0, 0.05) is 6.54 Å². The van der Waals surface area contributed by atoms with Crippen LogP contribution < -0.4 is 5.32 Å². The molecule has 104 valence electrons. The van der Waals surface area contributed by atoms with Crippen molar-refractivity contribution in [1.29, 1.82) is 0 Å². The summed E-state index contributed by atoms with van der Waals surface area (Å²) in [4.78, 5) is 24.6. The van der Waals surface area contributed by atoms with Crippen molar-refractivity contribution in [2.75, 3.05) is 6.54 Å². The molecule has 3 atom stereocenters. The second-order valence-electron chi connectivity index (χ2n) is 4.68. The number of carbonyl (C=O) groups is 2. The number of urea groups is 1. The number of rotatable bonds is 3. The maximum atomic E-state index is 12.1. The van der Waals surface area contributed by atoms with E-state index in [0.717, 1.165) is 0 Å². The number of H-pyrrole nitrogens is 1. The monoisotopic (exact) mass is 268 g/mol. The Bertz CT molecular complexity index is 462. The third-order valence-electron chi connectivity index (χ3n) is 3.30. The molecule has 19 heavy (non-hydrogen) atoms. The van der Waals surface area contributed by atoms with Crippen LogP contribution >= 0.6 is 0 Å². The van der Waals surface area contributed by atoms with Crippen LogP contribution in [0.4, 0.5) is 4.79 Å². The summed E-state index contributed by atoms with van der Waals surface area (Å²) in [5.41, 5.74) is 0. The molecule has 3 N–H and O–H groups in total. The van der Waals surface area contributed by atoms with Crippen molar-refractivity contribution in [3.63, 3.8) is 0 Å². The van der Waals surface area contributed by atoms with E-state index in [0.29, 0.717) is 18.8 Å². The van der Waals surface area contributed by atoms with Gasteiger partial charge >= 0.3 is 12.0 Å². The van der Waals surface area contributed by atoms with Gasteiger partial charge in [0.15, 0.2) is 5.82 Å². The summed E-state index contributed by atoms with van der Waals surface area (Å²) >= 11 is 0. The van der Waals surface area contributed by atoms with E-state index < -0.39 is 24.1 Å². The molecule has 0 aliphatic carbocycles. The lowest BCUT2D eigenvalue weighted by Gasteiger charge is -2.24. The summed E-state index contributed by atoms with van der Waals surface area (Å²) in [6.07, 6.45) is 0.682. The van der Waals surface area contributed by atoms with Crippen molar-refractivity contribution >= 4 is 12.0 Å². The SMILES string of the molecule is CC(NC(=O)N1CCC(C)C1C(=O)O)c1nn[nH]n1. The zero-order valence-electron chi connectivity index (χ0n) is 10.7. The molecule has 1 fully saturated rings. The molecule has 1 saturated heterocycles. The fourth-order valence-corrected chi connectivity index (χ4v) is 2.24. The van der Waals surface area contributed by atoms with Gasteiger partial charge in [-0.2, -0.15) is 5.21 Å². The molecule has 0 aromatic carbocycles. The largest absolute Gasteiger partial charge is 0.480 e. The average Bonchev–Trinajstić information content (AvgIpc) is 2.96. The van der Waals surface area contributed by atoms with Gasteiger partial charge in [0.2, 0.25) is 0 Å². The number of nitrogens with one attached hydrogen (secondary N) is 2. The van der Waals surface area contributed by atoms with Gasteiger partial charge in [0.05, 0.1) is 6.04 Å². The number of carbonyl (C=O) groups excluding carboxylic acids is 1. The summed E-state index contributed by atoms with van der Waals surface area (Å²) in [6, 6.07) is -1.64. The van der Waals surface area contributed by atoms with Crippen LogP contribution in [0.5, 0.6) is 0 Å². The van der Waals surface area contributed by atoms with Gasteiger partial charge in [-0.05, 0) is 19.3 Å². The van der Waals surface area contributed by atoms with Gasteiger partial charge in [-0.15, -0.1) is 10.2 Å². The van der Waals surface area contributed by atoms with E-state index in [1.807, 2.05) is 6.92 Å². The number of aromatic amines is 1. The zero-order chi connectivity index (χ0) is 14.0. The average molecular weight is 268 g/mol. The number of nitrogens with zero attached hydrogens (tertiary/aromatic N) is 4. The number of carboxylic acids is 1. The lowest BCUT2D eigenvalue weighted by Crippen LogP contribution is -2.48. The highest BCUT2D eigenvalue weighted by Crippen LogP contribution is 2.24.